The largest absolute Gasteiger partial charge is 0.497 e. The van der Waals surface area contributed by atoms with Crippen molar-refractivity contribution in [3.05, 3.63) is 59.7 Å². The molecule has 2 unspecified atom stereocenters. The first-order valence-corrected chi connectivity index (χ1v) is 7.96. The maximum atomic E-state index is 10.0. The second-order valence-electron chi connectivity index (χ2n) is 5.66. The van der Waals surface area contributed by atoms with Crippen molar-refractivity contribution in [3.8, 4) is 11.5 Å². The van der Waals surface area contributed by atoms with E-state index in [1.54, 1.807) is 13.2 Å². The number of aliphatic hydroxyl groups excluding tert-OH is 1. The van der Waals surface area contributed by atoms with E-state index in [0.717, 1.165) is 11.1 Å². The van der Waals surface area contributed by atoms with Crippen LogP contribution in [-0.4, -0.2) is 31.5 Å². The molecular weight excluding hydrogens is 306 g/mol. The minimum absolute atomic E-state index is 0.127. The molecule has 2 rings (SSSR count). The van der Waals surface area contributed by atoms with E-state index in [4.69, 9.17) is 19.9 Å². The zero-order valence-electron chi connectivity index (χ0n) is 14.1. The topological polar surface area (TPSA) is 73.9 Å². The van der Waals surface area contributed by atoms with Gasteiger partial charge in [-0.25, -0.2) is 0 Å². The highest BCUT2D eigenvalue weighted by Crippen LogP contribution is 2.28. The Labute approximate surface area is 143 Å². The van der Waals surface area contributed by atoms with Gasteiger partial charge in [0, 0.05) is 17.7 Å². The van der Waals surface area contributed by atoms with Crippen LogP contribution in [0.25, 0.3) is 0 Å². The zero-order valence-corrected chi connectivity index (χ0v) is 14.1. The Bertz CT molecular complexity index is 616. The van der Waals surface area contributed by atoms with Gasteiger partial charge in [-0.05, 0) is 18.6 Å². The summed E-state index contributed by atoms with van der Waals surface area (Å²) in [7, 11) is 1.59. The third kappa shape index (κ3) is 5.53. The summed E-state index contributed by atoms with van der Waals surface area (Å²) in [6.07, 6.45) is -0.721. The van der Waals surface area contributed by atoms with Gasteiger partial charge in [-0.2, -0.15) is 0 Å². The number of methoxy groups -OCH3 is 1. The third-order valence-electron chi connectivity index (χ3n) is 3.56. The molecule has 0 saturated carbocycles. The van der Waals surface area contributed by atoms with E-state index >= 15 is 0 Å². The molecule has 0 spiro atoms. The van der Waals surface area contributed by atoms with Gasteiger partial charge < -0.3 is 25.1 Å². The zero-order chi connectivity index (χ0) is 17.4. The fourth-order valence-corrected chi connectivity index (χ4v) is 2.26. The predicted octanol–water partition coefficient (Wildman–Crippen LogP) is 2.67. The first kappa shape index (κ1) is 18.3. The van der Waals surface area contributed by atoms with Gasteiger partial charge in [0.05, 0.1) is 20.3 Å². The van der Waals surface area contributed by atoms with Crippen molar-refractivity contribution >= 4 is 0 Å². The maximum absolute atomic E-state index is 10.0. The van der Waals surface area contributed by atoms with Gasteiger partial charge in [-0.15, -0.1) is 0 Å². The van der Waals surface area contributed by atoms with E-state index in [2.05, 4.69) is 0 Å². The Morgan fingerprint density at radius 1 is 1.08 bits per heavy atom. The van der Waals surface area contributed by atoms with Gasteiger partial charge >= 0.3 is 0 Å². The Morgan fingerprint density at radius 3 is 2.50 bits per heavy atom. The highest BCUT2D eigenvalue weighted by atomic mass is 16.5. The molecule has 0 aliphatic rings. The molecule has 0 saturated heterocycles. The second kappa shape index (κ2) is 9.27. The molecule has 0 aromatic heterocycles. The Kier molecular flexibility index (Phi) is 7.06. The first-order valence-electron chi connectivity index (χ1n) is 7.96. The highest BCUT2D eigenvalue weighted by Gasteiger charge is 2.12. The molecule has 24 heavy (non-hydrogen) atoms. The number of rotatable bonds is 9. The Balaban J connectivity index is 1.83. The van der Waals surface area contributed by atoms with Gasteiger partial charge in [0.15, 0.2) is 0 Å². The molecular formula is C19H25NO4. The van der Waals surface area contributed by atoms with Crippen molar-refractivity contribution in [1.29, 1.82) is 0 Å². The minimum atomic E-state index is -0.721. The van der Waals surface area contributed by atoms with Crippen LogP contribution in [0.2, 0.25) is 0 Å². The van der Waals surface area contributed by atoms with Crippen LogP contribution in [0.4, 0.5) is 0 Å². The number of benzene rings is 2. The van der Waals surface area contributed by atoms with Gasteiger partial charge in [0.25, 0.3) is 0 Å². The third-order valence-corrected chi connectivity index (χ3v) is 3.56. The predicted molar refractivity (Wildman–Crippen MR) is 93.2 cm³/mol. The fraction of sp³-hybridized carbons (Fsp3) is 0.368. The van der Waals surface area contributed by atoms with Crippen LogP contribution >= 0.6 is 0 Å². The standard InChI is InChI=1S/C19H25NO4/c1-14(20)18-9-8-17(22-2)10-19(18)24-13-16(21)12-23-11-15-6-4-3-5-7-15/h3-10,14,16,21H,11-13,20H2,1-2H3. The monoisotopic (exact) mass is 331 g/mol. The number of nitrogens with two attached hydrogens (primary N) is 1. The van der Waals surface area contributed by atoms with E-state index in [1.165, 1.54) is 0 Å². The number of aliphatic hydroxyl groups is 1. The van der Waals surface area contributed by atoms with Crippen LogP contribution in [0.3, 0.4) is 0 Å². The second-order valence-corrected chi connectivity index (χ2v) is 5.66. The van der Waals surface area contributed by atoms with Crippen LogP contribution in [0.1, 0.15) is 24.1 Å². The van der Waals surface area contributed by atoms with Gasteiger partial charge in [0.1, 0.15) is 24.2 Å². The van der Waals surface area contributed by atoms with E-state index in [9.17, 15) is 5.11 Å². The summed E-state index contributed by atoms with van der Waals surface area (Å²) in [6.45, 7) is 2.67. The van der Waals surface area contributed by atoms with Crippen molar-refractivity contribution in [2.24, 2.45) is 5.73 Å². The quantitative estimate of drug-likeness (QED) is 0.739. The molecule has 2 atom stereocenters. The molecule has 0 aliphatic carbocycles. The number of hydrogen-bond acceptors (Lipinski definition) is 5. The van der Waals surface area contributed by atoms with Gasteiger partial charge in [-0.1, -0.05) is 36.4 Å². The summed E-state index contributed by atoms with van der Waals surface area (Å²) >= 11 is 0. The highest BCUT2D eigenvalue weighted by molar-refractivity contribution is 5.42. The smallest absolute Gasteiger partial charge is 0.127 e. The molecule has 0 amide bonds. The molecule has 0 heterocycles. The van der Waals surface area contributed by atoms with E-state index in [1.807, 2.05) is 49.4 Å². The molecule has 5 nitrogen and oxygen atoms in total. The van der Waals surface area contributed by atoms with Crippen molar-refractivity contribution < 1.29 is 19.3 Å². The van der Waals surface area contributed by atoms with Crippen molar-refractivity contribution in [2.75, 3.05) is 20.3 Å². The summed E-state index contributed by atoms with van der Waals surface area (Å²) in [5.41, 5.74) is 7.89. The lowest BCUT2D eigenvalue weighted by Gasteiger charge is -2.17. The molecule has 5 heteroatoms. The Hall–Kier alpha value is -2.08. The molecule has 0 fully saturated rings. The summed E-state index contributed by atoms with van der Waals surface area (Å²) in [4.78, 5) is 0. The van der Waals surface area contributed by atoms with Crippen LogP contribution in [0, 0.1) is 0 Å². The Morgan fingerprint density at radius 2 is 1.83 bits per heavy atom. The summed E-state index contributed by atoms with van der Waals surface area (Å²) < 4.78 is 16.4. The fourth-order valence-electron chi connectivity index (χ4n) is 2.26. The molecule has 0 bridgehead atoms. The first-order chi connectivity index (χ1) is 11.6. The number of ether oxygens (including phenoxy) is 3. The molecule has 0 radical (unpaired) electrons. The molecule has 130 valence electrons. The van der Waals surface area contributed by atoms with Crippen LogP contribution in [0.15, 0.2) is 48.5 Å². The van der Waals surface area contributed by atoms with Crippen LogP contribution < -0.4 is 15.2 Å². The summed E-state index contributed by atoms with van der Waals surface area (Å²) in [5, 5.41) is 10.0. The van der Waals surface area contributed by atoms with Crippen molar-refractivity contribution in [1.82, 2.24) is 0 Å². The number of hydrogen-bond donors (Lipinski definition) is 2. The SMILES string of the molecule is COc1ccc(C(C)N)c(OCC(O)COCc2ccccc2)c1. The van der Waals surface area contributed by atoms with Crippen molar-refractivity contribution in [3.63, 3.8) is 0 Å². The summed E-state index contributed by atoms with van der Waals surface area (Å²) in [5.74, 6) is 1.30. The molecule has 2 aromatic rings. The average molecular weight is 331 g/mol. The van der Waals surface area contributed by atoms with Crippen LogP contribution in [0.5, 0.6) is 11.5 Å². The van der Waals surface area contributed by atoms with Gasteiger partial charge in [0.2, 0.25) is 0 Å². The van der Waals surface area contributed by atoms with Crippen LogP contribution in [-0.2, 0) is 11.3 Å². The van der Waals surface area contributed by atoms with Crippen molar-refractivity contribution in [2.45, 2.75) is 25.7 Å². The molecule has 3 N–H and O–H groups in total. The lowest BCUT2D eigenvalue weighted by molar-refractivity contribution is 0.00525. The normalized spacial score (nSPS) is 13.3. The van der Waals surface area contributed by atoms with E-state index in [0.29, 0.717) is 18.1 Å². The van der Waals surface area contributed by atoms with E-state index < -0.39 is 6.10 Å². The minimum Gasteiger partial charge on any atom is -0.497 e. The summed E-state index contributed by atoms with van der Waals surface area (Å²) in [6, 6.07) is 15.1. The molecule has 0 aliphatic heterocycles. The maximum Gasteiger partial charge on any atom is 0.127 e. The van der Waals surface area contributed by atoms with E-state index in [-0.39, 0.29) is 19.3 Å². The average Bonchev–Trinajstić information content (AvgIpc) is 2.60. The lowest BCUT2D eigenvalue weighted by atomic mass is 10.1. The molecule has 2 aromatic carbocycles. The lowest BCUT2D eigenvalue weighted by Crippen LogP contribution is -2.24. The van der Waals surface area contributed by atoms with Gasteiger partial charge in [-0.3, -0.25) is 0 Å².